The molecule has 1 N–H and O–H groups in total. The molecule has 0 amide bonds. The van der Waals surface area contributed by atoms with Crippen LogP contribution in [-0.2, 0) is 4.74 Å². The number of piperazine rings is 1. The summed E-state index contributed by atoms with van der Waals surface area (Å²) in [5.74, 6) is 2.12. The highest BCUT2D eigenvalue weighted by atomic mass is 16.5. The minimum Gasteiger partial charge on any atom is -0.466 e. The highest BCUT2D eigenvalue weighted by Gasteiger charge is 2.44. The van der Waals surface area contributed by atoms with Crippen LogP contribution >= 0.6 is 0 Å². The number of ether oxygens (including phenoxy) is 1. The van der Waals surface area contributed by atoms with Crippen LogP contribution in [0, 0.1) is 5.41 Å². The van der Waals surface area contributed by atoms with Crippen molar-refractivity contribution < 1.29 is 4.74 Å². The average Bonchev–Trinajstić information content (AvgIpc) is 3.01. The van der Waals surface area contributed by atoms with Gasteiger partial charge in [-0.1, -0.05) is 25.1 Å². The molecule has 4 rings (SSSR count). The minimum atomic E-state index is 0.103. The molecular weight excluding hydrogens is 358 g/mol. The van der Waals surface area contributed by atoms with Crippen LogP contribution in [0.15, 0.2) is 64.3 Å². The summed E-state index contributed by atoms with van der Waals surface area (Å²) < 4.78 is 6.06. The smallest absolute Gasteiger partial charge is 0.104 e. The van der Waals surface area contributed by atoms with Gasteiger partial charge in [0.1, 0.15) is 11.5 Å². The summed E-state index contributed by atoms with van der Waals surface area (Å²) in [7, 11) is 0. The van der Waals surface area contributed by atoms with Crippen molar-refractivity contribution in [2.75, 3.05) is 44.2 Å². The van der Waals surface area contributed by atoms with Gasteiger partial charge < -0.3 is 15.0 Å². The normalized spacial score (nSPS) is 25.5. The van der Waals surface area contributed by atoms with Crippen LogP contribution in [0.5, 0.6) is 0 Å². The molecule has 0 saturated carbocycles. The number of allylic oxidation sites excluding steroid dienone is 5. The summed E-state index contributed by atoms with van der Waals surface area (Å²) >= 11 is 0. The molecule has 1 atom stereocenters. The predicted octanol–water partition coefficient (Wildman–Crippen LogP) is 4.68. The zero-order valence-electron chi connectivity index (χ0n) is 18.6. The number of benzene rings is 1. The first-order valence-electron chi connectivity index (χ1n) is 11.0. The van der Waals surface area contributed by atoms with Crippen LogP contribution in [0.4, 0.5) is 5.69 Å². The first-order valence-corrected chi connectivity index (χ1v) is 11.0. The summed E-state index contributed by atoms with van der Waals surface area (Å²) in [6, 6.07) is 10.8. The predicted molar refractivity (Wildman–Crippen MR) is 121 cm³/mol. The van der Waals surface area contributed by atoms with E-state index in [4.69, 9.17) is 4.74 Å². The van der Waals surface area contributed by atoms with Gasteiger partial charge in [0.05, 0.1) is 0 Å². The molecule has 1 unspecified atom stereocenters. The van der Waals surface area contributed by atoms with Gasteiger partial charge in [-0.2, -0.15) is 0 Å². The molecule has 1 aliphatic carbocycles. The molecule has 0 bridgehead atoms. The van der Waals surface area contributed by atoms with Crippen molar-refractivity contribution in [2.45, 2.75) is 41.0 Å². The number of rotatable bonds is 5. The van der Waals surface area contributed by atoms with Crippen LogP contribution < -0.4 is 10.2 Å². The monoisotopic (exact) mass is 393 g/mol. The Morgan fingerprint density at radius 2 is 1.69 bits per heavy atom. The maximum absolute atomic E-state index is 6.06. The van der Waals surface area contributed by atoms with Gasteiger partial charge in [0.25, 0.3) is 0 Å². The third-order valence-corrected chi connectivity index (χ3v) is 6.78. The molecule has 1 saturated heterocycles. The van der Waals surface area contributed by atoms with Crippen molar-refractivity contribution in [3.63, 3.8) is 0 Å². The van der Waals surface area contributed by atoms with E-state index >= 15 is 0 Å². The quantitative estimate of drug-likeness (QED) is 0.786. The van der Waals surface area contributed by atoms with E-state index in [-0.39, 0.29) is 5.41 Å². The fourth-order valence-corrected chi connectivity index (χ4v) is 5.19. The summed E-state index contributed by atoms with van der Waals surface area (Å²) in [5.41, 5.74) is 6.97. The Kier molecular flexibility index (Phi) is 5.48. The van der Waals surface area contributed by atoms with Gasteiger partial charge in [-0.25, -0.2) is 0 Å². The van der Waals surface area contributed by atoms with Crippen molar-refractivity contribution in [3.05, 3.63) is 64.3 Å². The second-order valence-corrected chi connectivity index (χ2v) is 8.93. The van der Waals surface area contributed by atoms with E-state index in [0.717, 1.165) is 57.2 Å². The number of nitrogens with one attached hydrogen (secondary N) is 1. The lowest BCUT2D eigenvalue weighted by atomic mass is 9.85. The van der Waals surface area contributed by atoms with Gasteiger partial charge in [0.15, 0.2) is 0 Å². The van der Waals surface area contributed by atoms with Gasteiger partial charge in [0, 0.05) is 67.2 Å². The third kappa shape index (κ3) is 3.71. The molecule has 4 nitrogen and oxygen atoms in total. The fraction of sp³-hybridized carbons (Fsp3) is 0.520. The van der Waals surface area contributed by atoms with Gasteiger partial charge in [-0.3, -0.25) is 4.90 Å². The maximum Gasteiger partial charge on any atom is 0.104 e. The number of anilines is 1. The van der Waals surface area contributed by atoms with Crippen molar-refractivity contribution in [1.82, 2.24) is 10.2 Å². The van der Waals surface area contributed by atoms with Crippen molar-refractivity contribution in [1.29, 1.82) is 0 Å². The van der Waals surface area contributed by atoms with E-state index < -0.39 is 0 Å². The summed E-state index contributed by atoms with van der Waals surface area (Å²) in [5, 5.41) is 3.75. The lowest BCUT2D eigenvalue weighted by Crippen LogP contribution is -2.50. The molecule has 1 aromatic rings. The Hall–Kier alpha value is -2.20. The molecule has 156 valence electrons. The molecular formula is C25H35N3O. The van der Waals surface area contributed by atoms with E-state index in [0.29, 0.717) is 0 Å². The Balaban J connectivity index is 1.53. The molecule has 4 heteroatoms. The van der Waals surface area contributed by atoms with E-state index in [1.54, 1.807) is 0 Å². The number of nitrogens with zero attached hydrogens (tertiary/aromatic N) is 2. The van der Waals surface area contributed by atoms with Crippen molar-refractivity contribution >= 4 is 5.69 Å². The standard InChI is InChI=1S/C25H35N3O/c1-6-26-24-23-18(2)19(3)29-20(4)22(23)16-25(24,5)17-27-12-14-28(15-13-27)21-10-8-7-9-11-21/h7-11,26H,6,12-17H2,1-5H3. The van der Waals surface area contributed by atoms with Crippen LogP contribution in [0.1, 0.15) is 41.0 Å². The molecule has 2 heterocycles. The van der Waals surface area contributed by atoms with Gasteiger partial charge >= 0.3 is 0 Å². The molecule has 2 aliphatic heterocycles. The first kappa shape index (κ1) is 20.1. The molecule has 0 spiro atoms. The highest BCUT2D eigenvalue weighted by molar-refractivity contribution is 5.59. The number of hydrogen-bond donors (Lipinski definition) is 1. The van der Waals surface area contributed by atoms with Crippen LogP contribution in [-0.4, -0.2) is 44.2 Å². The molecule has 1 fully saturated rings. The van der Waals surface area contributed by atoms with E-state index in [9.17, 15) is 0 Å². The fourth-order valence-electron chi connectivity index (χ4n) is 5.19. The molecule has 1 aromatic carbocycles. The SMILES string of the molecule is CCNC1=C2C(C)=C(C)OC(C)=C2CC1(C)CN1CCN(c2ccccc2)CC1. The molecule has 3 aliphatic rings. The summed E-state index contributed by atoms with van der Waals surface area (Å²) in [4.78, 5) is 5.16. The zero-order valence-corrected chi connectivity index (χ0v) is 18.6. The average molecular weight is 394 g/mol. The minimum absolute atomic E-state index is 0.103. The Morgan fingerprint density at radius 3 is 2.34 bits per heavy atom. The number of fused-ring (bicyclic) bond motifs is 1. The third-order valence-electron chi connectivity index (χ3n) is 6.78. The molecule has 0 radical (unpaired) electrons. The zero-order chi connectivity index (χ0) is 20.6. The Labute approximate surface area is 175 Å². The first-order chi connectivity index (χ1) is 13.9. The van der Waals surface area contributed by atoms with Crippen LogP contribution in [0.3, 0.4) is 0 Å². The number of hydrogen-bond acceptors (Lipinski definition) is 4. The lowest BCUT2D eigenvalue weighted by molar-refractivity contribution is 0.179. The van der Waals surface area contributed by atoms with Crippen molar-refractivity contribution in [3.8, 4) is 0 Å². The Morgan fingerprint density at radius 1 is 1.00 bits per heavy atom. The topological polar surface area (TPSA) is 27.7 Å². The molecule has 0 aromatic heterocycles. The second-order valence-electron chi connectivity index (χ2n) is 8.93. The van der Waals surface area contributed by atoms with Crippen molar-refractivity contribution in [2.24, 2.45) is 5.41 Å². The van der Waals surface area contributed by atoms with Gasteiger partial charge in [-0.05, 0) is 51.8 Å². The van der Waals surface area contributed by atoms with Gasteiger partial charge in [0.2, 0.25) is 0 Å². The number of para-hydroxylation sites is 1. The Bertz CT molecular complexity index is 859. The van der Waals surface area contributed by atoms with Crippen LogP contribution in [0.25, 0.3) is 0 Å². The van der Waals surface area contributed by atoms with E-state index in [1.807, 2.05) is 0 Å². The highest BCUT2D eigenvalue weighted by Crippen LogP contribution is 2.51. The second kappa shape index (κ2) is 7.91. The lowest BCUT2D eigenvalue weighted by Gasteiger charge is -2.40. The van der Waals surface area contributed by atoms with E-state index in [2.05, 4.69) is 80.1 Å². The van der Waals surface area contributed by atoms with Gasteiger partial charge in [-0.15, -0.1) is 0 Å². The van der Waals surface area contributed by atoms with E-state index in [1.165, 1.54) is 28.1 Å². The summed E-state index contributed by atoms with van der Waals surface area (Å²) in [6.07, 6.45) is 1.06. The molecule has 29 heavy (non-hydrogen) atoms. The van der Waals surface area contributed by atoms with Crippen LogP contribution in [0.2, 0.25) is 0 Å². The maximum atomic E-state index is 6.06. The summed E-state index contributed by atoms with van der Waals surface area (Å²) in [6.45, 7) is 17.5. The largest absolute Gasteiger partial charge is 0.466 e.